The lowest BCUT2D eigenvalue weighted by Crippen LogP contribution is -1.97. The quantitative estimate of drug-likeness (QED) is 0.494. The zero-order chi connectivity index (χ0) is 17.4. The van der Waals surface area contributed by atoms with Crippen LogP contribution in [0.5, 0.6) is 0 Å². The van der Waals surface area contributed by atoms with Crippen LogP contribution in [0.4, 0.5) is 13.2 Å². The Morgan fingerprint density at radius 1 is 0.680 bits per heavy atom. The lowest BCUT2D eigenvalue weighted by molar-refractivity contribution is 0.449. The summed E-state index contributed by atoms with van der Waals surface area (Å²) in [5.41, 5.74) is 1.21. The molecule has 0 radical (unpaired) electrons. The first kappa shape index (κ1) is 15.3. The number of fused-ring (bicyclic) bond motifs is 1. The highest BCUT2D eigenvalue weighted by Crippen LogP contribution is 2.26. The average molecular weight is 337 g/mol. The predicted octanol–water partition coefficient (Wildman–Crippen LogP) is 4.78. The van der Waals surface area contributed by atoms with Crippen LogP contribution in [0.15, 0.2) is 60.8 Å². The molecule has 0 atom stereocenters. The first-order valence-electron chi connectivity index (χ1n) is 7.46. The monoisotopic (exact) mass is 337 g/mol. The van der Waals surface area contributed by atoms with Crippen molar-refractivity contribution in [3.05, 3.63) is 78.2 Å². The number of benzene rings is 2. The first-order valence-corrected chi connectivity index (χ1v) is 7.46. The van der Waals surface area contributed by atoms with Crippen molar-refractivity contribution in [1.82, 2.24) is 15.0 Å². The van der Waals surface area contributed by atoms with Crippen molar-refractivity contribution in [3.63, 3.8) is 0 Å². The van der Waals surface area contributed by atoms with Gasteiger partial charge in [-0.15, -0.1) is 0 Å². The van der Waals surface area contributed by atoms with Gasteiger partial charge in [0.25, 0.3) is 0 Å². The third-order valence-electron chi connectivity index (χ3n) is 3.78. The molecular formula is C19H10F3N3. The van der Waals surface area contributed by atoms with Crippen molar-refractivity contribution >= 4 is 10.9 Å². The van der Waals surface area contributed by atoms with E-state index in [0.29, 0.717) is 11.5 Å². The molecule has 0 bridgehead atoms. The van der Waals surface area contributed by atoms with Gasteiger partial charge in [-0.3, -0.25) is 0 Å². The van der Waals surface area contributed by atoms with Crippen molar-refractivity contribution in [2.45, 2.75) is 0 Å². The van der Waals surface area contributed by atoms with Gasteiger partial charge in [0.05, 0.1) is 11.2 Å². The number of rotatable bonds is 2. The van der Waals surface area contributed by atoms with Gasteiger partial charge in [-0.2, -0.15) is 0 Å². The van der Waals surface area contributed by atoms with Crippen LogP contribution in [0.1, 0.15) is 0 Å². The summed E-state index contributed by atoms with van der Waals surface area (Å²) in [6, 6.07) is 14.3. The van der Waals surface area contributed by atoms with Crippen molar-refractivity contribution in [2.24, 2.45) is 0 Å². The van der Waals surface area contributed by atoms with E-state index in [-0.39, 0.29) is 11.3 Å². The Balaban J connectivity index is 1.82. The summed E-state index contributed by atoms with van der Waals surface area (Å²) in [6.45, 7) is 0. The van der Waals surface area contributed by atoms with Crippen LogP contribution < -0.4 is 0 Å². The summed E-state index contributed by atoms with van der Waals surface area (Å²) >= 11 is 0. The molecule has 0 aliphatic heterocycles. The average Bonchev–Trinajstić information content (AvgIpc) is 2.66. The Kier molecular flexibility index (Phi) is 3.65. The maximum absolute atomic E-state index is 14.0. The van der Waals surface area contributed by atoms with Gasteiger partial charge in [0.2, 0.25) is 0 Å². The van der Waals surface area contributed by atoms with Crippen LogP contribution in [-0.2, 0) is 0 Å². The number of nitrogens with zero attached hydrogens (tertiary/aromatic N) is 3. The Labute approximate surface area is 140 Å². The second-order valence-electron chi connectivity index (χ2n) is 5.38. The van der Waals surface area contributed by atoms with Crippen molar-refractivity contribution in [3.8, 4) is 22.8 Å². The minimum Gasteiger partial charge on any atom is -0.244 e. The van der Waals surface area contributed by atoms with Crippen molar-refractivity contribution in [2.75, 3.05) is 0 Å². The maximum atomic E-state index is 14.0. The highest BCUT2D eigenvalue weighted by atomic mass is 19.2. The van der Waals surface area contributed by atoms with E-state index in [4.69, 9.17) is 0 Å². The fourth-order valence-corrected chi connectivity index (χ4v) is 2.53. The van der Waals surface area contributed by atoms with E-state index in [2.05, 4.69) is 15.0 Å². The van der Waals surface area contributed by atoms with E-state index < -0.39 is 17.5 Å². The van der Waals surface area contributed by atoms with Crippen LogP contribution in [0.2, 0.25) is 0 Å². The van der Waals surface area contributed by atoms with E-state index in [0.717, 1.165) is 23.0 Å². The molecule has 0 fully saturated rings. The summed E-state index contributed by atoms with van der Waals surface area (Å²) in [5.74, 6) is -3.67. The highest BCUT2D eigenvalue weighted by Gasteiger charge is 2.16. The van der Waals surface area contributed by atoms with Crippen LogP contribution in [0, 0.1) is 17.5 Å². The number of aromatic nitrogens is 3. The molecule has 2 aromatic carbocycles. The molecule has 0 aliphatic rings. The molecule has 0 aliphatic carbocycles. The fraction of sp³-hybridized carbons (Fsp3) is 0. The third-order valence-corrected chi connectivity index (χ3v) is 3.78. The number of para-hydroxylation sites is 1. The summed E-state index contributed by atoms with van der Waals surface area (Å²) in [4.78, 5) is 13.0. The summed E-state index contributed by atoms with van der Waals surface area (Å²) in [6.07, 6.45) is 1.67. The van der Waals surface area contributed by atoms with Crippen molar-refractivity contribution < 1.29 is 13.2 Å². The van der Waals surface area contributed by atoms with Crippen LogP contribution in [-0.4, -0.2) is 15.0 Å². The zero-order valence-corrected chi connectivity index (χ0v) is 12.7. The molecule has 4 aromatic rings. The molecule has 6 heteroatoms. The standard InChI is InChI=1S/C19H10F3N3/c20-13-9-8-12(17(21)18(13)22)15-6-3-7-16(24-15)19-23-10-11-4-1-2-5-14(11)25-19/h1-10H. The topological polar surface area (TPSA) is 38.7 Å². The van der Waals surface area contributed by atoms with Crippen LogP contribution >= 0.6 is 0 Å². The second kappa shape index (κ2) is 5.98. The normalized spacial score (nSPS) is 11.0. The van der Waals surface area contributed by atoms with Gasteiger partial charge in [0.1, 0.15) is 5.69 Å². The highest BCUT2D eigenvalue weighted by molar-refractivity contribution is 5.79. The molecular weight excluding hydrogens is 327 g/mol. The molecule has 2 aromatic heterocycles. The SMILES string of the molecule is Fc1ccc(-c2cccc(-c3ncc4ccccc4n3)n2)c(F)c1F. The Morgan fingerprint density at radius 2 is 1.48 bits per heavy atom. The lowest BCUT2D eigenvalue weighted by atomic mass is 10.1. The predicted molar refractivity (Wildman–Crippen MR) is 88.1 cm³/mol. The minimum atomic E-state index is -1.52. The first-order chi connectivity index (χ1) is 12.1. The summed E-state index contributed by atoms with van der Waals surface area (Å²) in [7, 11) is 0. The van der Waals surface area contributed by atoms with Gasteiger partial charge in [0, 0.05) is 17.1 Å². The third kappa shape index (κ3) is 2.71. The van der Waals surface area contributed by atoms with E-state index in [1.54, 1.807) is 18.3 Å². The number of hydrogen-bond donors (Lipinski definition) is 0. The van der Waals surface area contributed by atoms with Gasteiger partial charge in [-0.05, 0) is 30.3 Å². The van der Waals surface area contributed by atoms with E-state index >= 15 is 0 Å². The van der Waals surface area contributed by atoms with E-state index in [9.17, 15) is 13.2 Å². The Bertz CT molecular complexity index is 1100. The van der Waals surface area contributed by atoms with Gasteiger partial charge in [0.15, 0.2) is 23.3 Å². The summed E-state index contributed by atoms with van der Waals surface area (Å²) < 4.78 is 40.6. The molecule has 0 N–H and O–H groups in total. The minimum absolute atomic E-state index is 0.124. The molecule has 122 valence electrons. The molecule has 4 rings (SSSR count). The molecule has 0 spiro atoms. The van der Waals surface area contributed by atoms with Crippen LogP contribution in [0.25, 0.3) is 33.7 Å². The fourth-order valence-electron chi connectivity index (χ4n) is 2.53. The molecule has 0 saturated carbocycles. The Hall–Kier alpha value is -3.28. The van der Waals surface area contributed by atoms with E-state index in [1.165, 1.54) is 6.07 Å². The Morgan fingerprint density at radius 3 is 2.36 bits per heavy atom. The number of halogens is 3. The molecule has 0 unspecified atom stereocenters. The largest absolute Gasteiger partial charge is 0.244 e. The second-order valence-corrected chi connectivity index (χ2v) is 5.38. The van der Waals surface area contributed by atoms with Crippen molar-refractivity contribution in [1.29, 1.82) is 0 Å². The van der Waals surface area contributed by atoms with Gasteiger partial charge >= 0.3 is 0 Å². The van der Waals surface area contributed by atoms with Gasteiger partial charge in [-0.1, -0.05) is 24.3 Å². The number of hydrogen-bond acceptors (Lipinski definition) is 3. The van der Waals surface area contributed by atoms with Gasteiger partial charge in [-0.25, -0.2) is 28.1 Å². The molecule has 3 nitrogen and oxygen atoms in total. The molecule has 25 heavy (non-hydrogen) atoms. The summed E-state index contributed by atoms with van der Waals surface area (Å²) in [5, 5.41) is 0.883. The number of pyridine rings is 1. The maximum Gasteiger partial charge on any atom is 0.195 e. The molecule has 2 heterocycles. The molecule has 0 saturated heterocycles. The lowest BCUT2D eigenvalue weighted by Gasteiger charge is -2.07. The van der Waals surface area contributed by atoms with Crippen LogP contribution in [0.3, 0.4) is 0 Å². The smallest absolute Gasteiger partial charge is 0.195 e. The van der Waals surface area contributed by atoms with E-state index in [1.807, 2.05) is 24.3 Å². The molecule has 0 amide bonds. The van der Waals surface area contributed by atoms with Gasteiger partial charge < -0.3 is 0 Å². The zero-order valence-electron chi connectivity index (χ0n) is 12.7.